The summed E-state index contributed by atoms with van der Waals surface area (Å²) in [5.41, 5.74) is 0. The van der Waals surface area contributed by atoms with Gasteiger partial charge in [-0.05, 0) is 0 Å². The van der Waals surface area contributed by atoms with E-state index in [9.17, 15) is 0 Å². The Morgan fingerprint density at radius 3 is 1.14 bits per heavy atom. The standard InChI is InChI=1S/Mn.H3NO.H2O.3O/c;1-2;;;;/h;2H,1H2;1H2;;;/q+1;;;;;/p-1. The summed E-state index contributed by atoms with van der Waals surface area (Å²) < 4.78 is 33.1. The summed E-state index contributed by atoms with van der Waals surface area (Å²) in [6, 6.07) is 0. The summed E-state index contributed by atoms with van der Waals surface area (Å²) in [7, 11) is 0. The molecule has 7 heteroatoms. The first-order valence-corrected chi connectivity index (χ1v) is 2.86. The van der Waals surface area contributed by atoms with Crippen molar-refractivity contribution in [2.45, 2.75) is 0 Å². The molecule has 0 rings (SSSR count). The Morgan fingerprint density at radius 1 is 1.14 bits per heavy atom. The molecular weight excluding hydrogens is 149 g/mol. The first kappa shape index (κ1) is 9.93. The molecule has 4 N–H and O–H groups in total. The average Bonchev–Trinajstić information content (AvgIpc) is 1.36. The van der Waals surface area contributed by atoms with Gasteiger partial charge < -0.3 is 5.21 Å². The minimum atomic E-state index is -5.38. The van der Waals surface area contributed by atoms with Gasteiger partial charge in [0.2, 0.25) is 0 Å². The molecule has 0 atom stereocenters. The van der Waals surface area contributed by atoms with Crippen LogP contribution >= 0.6 is 0 Å². The van der Waals surface area contributed by atoms with Crippen molar-refractivity contribution in [1.29, 1.82) is 0 Å². The SMILES string of the molecule is NO.[O]=[Mn](=[O])(=[O])[OH]. The first-order chi connectivity index (χ1) is 3.00. The van der Waals surface area contributed by atoms with E-state index in [1.165, 1.54) is 0 Å². The quantitative estimate of drug-likeness (QED) is 0.285. The van der Waals surface area contributed by atoms with E-state index in [2.05, 4.69) is 5.90 Å². The Kier molecular flexibility index (Phi) is 5.63. The molecule has 0 fully saturated rings. The van der Waals surface area contributed by atoms with Crippen LogP contribution in [0.15, 0.2) is 0 Å². The Morgan fingerprint density at radius 2 is 1.14 bits per heavy atom. The van der Waals surface area contributed by atoms with Crippen molar-refractivity contribution in [3.8, 4) is 0 Å². The Hall–Kier alpha value is -0.201. The van der Waals surface area contributed by atoms with Gasteiger partial charge >= 0.3 is 28.7 Å². The Labute approximate surface area is 40.7 Å². The third kappa shape index (κ3) is 2080. The maximum atomic E-state index is 8.69. The van der Waals surface area contributed by atoms with Crippen LogP contribution in [-0.4, -0.2) is 9.40 Å². The van der Waals surface area contributed by atoms with Gasteiger partial charge in [0, 0.05) is 0 Å². The molecule has 46 valence electrons. The second-order valence-electron chi connectivity index (χ2n) is 0.396. The molecule has 0 heterocycles. The molecule has 0 aliphatic heterocycles. The average molecular weight is 153 g/mol. The van der Waals surface area contributed by atoms with E-state index >= 15 is 0 Å². The molecule has 0 radical (unpaired) electrons. The molecule has 7 heavy (non-hydrogen) atoms. The van der Waals surface area contributed by atoms with Crippen molar-refractivity contribution >= 4 is 0 Å². The molecule has 0 aromatic rings. The van der Waals surface area contributed by atoms with Crippen LogP contribution in [0.2, 0.25) is 0 Å². The van der Waals surface area contributed by atoms with Crippen LogP contribution in [0, 0.1) is 0 Å². The van der Waals surface area contributed by atoms with Gasteiger partial charge in [-0.25, -0.2) is 5.90 Å². The number of hydrogen-bond acceptors (Lipinski definition) is 5. The fraction of sp³-hybridized carbons (Fsp3) is 0. The van der Waals surface area contributed by atoms with Crippen LogP contribution in [-0.2, 0) is 24.5 Å². The molecule has 0 aliphatic carbocycles. The van der Waals surface area contributed by atoms with Crippen LogP contribution in [0.1, 0.15) is 0 Å². The van der Waals surface area contributed by atoms with E-state index in [4.69, 9.17) is 20.9 Å². The Bertz CT molecular complexity index is 129. The van der Waals surface area contributed by atoms with Crippen molar-refractivity contribution in [1.82, 2.24) is 0 Å². The maximum absolute atomic E-state index is 8.69. The van der Waals surface area contributed by atoms with Crippen LogP contribution in [0.25, 0.3) is 0 Å². The summed E-state index contributed by atoms with van der Waals surface area (Å²) in [5.74, 6) is 3.50. The van der Waals surface area contributed by atoms with Gasteiger partial charge in [-0.3, -0.25) is 0 Å². The monoisotopic (exact) mass is 153 g/mol. The summed E-state index contributed by atoms with van der Waals surface area (Å²) in [4.78, 5) is 0. The summed E-state index contributed by atoms with van der Waals surface area (Å²) in [6.07, 6.45) is 0. The molecule has 0 aliphatic rings. The molecule has 6 nitrogen and oxygen atoms in total. The van der Waals surface area contributed by atoms with Gasteiger partial charge in [-0.15, -0.1) is 0 Å². The molecule has 0 aromatic carbocycles. The van der Waals surface area contributed by atoms with Gasteiger partial charge in [-0.2, -0.15) is 0 Å². The van der Waals surface area contributed by atoms with Crippen molar-refractivity contribution in [3.63, 3.8) is 0 Å². The van der Waals surface area contributed by atoms with Crippen molar-refractivity contribution in [2.75, 3.05) is 0 Å². The van der Waals surface area contributed by atoms with E-state index < -0.39 is 13.0 Å². The number of hydrogen-bond donors (Lipinski definition) is 3. The fourth-order valence-corrected chi connectivity index (χ4v) is 0. The van der Waals surface area contributed by atoms with Gasteiger partial charge in [0.25, 0.3) is 0 Å². The molecule has 0 amide bonds. The number of nitrogens with two attached hydrogens (primary N) is 1. The molecule has 0 bridgehead atoms. The topological polar surface area (TPSA) is 118 Å². The van der Waals surface area contributed by atoms with E-state index in [0.717, 1.165) is 0 Å². The first-order valence-electron chi connectivity index (χ1n) is 0.890. The second-order valence-corrected chi connectivity index (χ2v) is 1.63. The Balaban J connectivity index is 0. The van der Waals surface area contributed by atoms with Crippen molar-refractivity contribution < 1.29 is 33.9 Å². The van der Waals surface area contributed by atoms with Crippen LogP contribution in [0.5, 0.6) is 0 Å². The third-order valence-corrected chi connectivity index (χ3v) is 0. The molecule has 0 aromatic heterocycles. The van der Waals surface area contributed by atoms with Gasteiger partial charge in [0.15, 0.2) is 0 Å². The van der Waals surface area contributed by atoms with Crippen LogP contribution < -0.4 is 5.90 Å². The molecule has 0 unspecified atom stereocenters. The fourth-order valence-electron chi connectivity index (χ4n) is 0. The zero-order valence-electron chi connectivity index (χ0n) is 3.07. The van der Waals surface area contributed by atoms with Crippen LogP contribution in [0.4, 0.5) is 0 Å². The normalized spacial score (nSPS) is 9.00. The summed E-state index contributed by atoms with van der Waals surface area (Å²) in [5, 5.41) is 6.50. The third-order valence-electron chi connectivity index (χ3n) is 0. The molecular formula is H4MnNO5. The van der Waals surface area contributed by atoms with Crippen LogP contribution in [0.3, 0.4) is 0 Å². The van der Waals surface area contributed by atoms with E-state index in [0.29, 0.717) is 0 Å². The van der Waals surface area contributed by atoms with Crippen molar-refractivity contribution in [3.05, 3.63) is 0 Å². The minimum absolute atomic E-state index is 3.50. The van der Waals surface area contributed by atoms with Crippen molar-refractivity contribution in [2.24, 2.45) is 5.90 Å². The van der Waals surface area contributed by atoms with Gasteiger partial charge in [0.05, 0.1) is 0 Å². The number of rotatable bonds is 0. The molecule has 0 saturated heterocycles. The predicted octanol–water partition coefficient (Wildman–Crippen LogP) is -1.58. The van der Waals surface area contributed by atoms with E-state index in [1.54, 1.807) is 0 Å². The zero-order valence-corrected chi connectivity index (χ0v) is 4.25. The summed E-state index contributed by atoms with van der Waals surface area (Å²) >= 11 is -5.38. The molecule has 0 saturated carbocycles. The predicted molar refractivity (Wildman–Crippen MR) is 10.3 cm³/mol. The van der Waals surface area contributed by atoms with E-state index in [1.807, 2.05) is 0 Å². The molecule has 0 spiro atoms. The summed E-state index contributed by atoms with van der Waals surface area (Å²) in [6.45, 7) is 0. The van der Waals surface area contributed by atoms with Gasteiger partial charge in [0.1, 0.15) is 0 Å². The zero-order chi connectivity index (χ0) is 6.50. The van der Waals surface area contributed by atoms with E-state index in [-0.39, 0.29) is 0 Å². The van der Waals surface area contributed by atoms with Gasteiger partial charge in [-0.1, -0.05) is 0 Å². The second kappa shape index (κ2) is 3.97.